The van der Waals surface area contributed by atoms with Crippen LogP contribution in [0.1, 0.15) is 26.3 Å². The zero-order valence-electron chi connectivity index (χ0n) is 9.63. The SMILES string of the molecule is CC(C)(C)[S@@](=O)/N=C/c1cc(F)c(Br)cc1F. The Balaban J connectivity index is 3.01. The lowest BCUT2D eigenvalue weighted by Gasteiger charge is -2.12. The first-order chi connectivity index (χ1) is 7.71. The molecular formula is C11H12BrF2NOS. The van der Waals surface area contributed by atoms with Crippen LogP contribution in [0.15, 0.2) is 21.0 Å². The summed E-state index contributed by atoms with van der Waals surface area (Å²) in [5, 5.41) is 0. The van der Waals surface area contributed by atoms with Crippen molar-refractivity contribution in [1.29, 1.82) is 0 Å². The fourth-order valence-electron chi connectivity index (χ4n) is 0.900. The van der Waals surface area contributed by atoms with E-state index in [0.717, 1.165) is 18.3 Å². The fraction of sp³-hybridized carbons (Fsp3) is 0.364. The molecule has 0 amide bonds. The Bertz CT molecular complexity index is 483. The number of hydrogen-bond acceptors (Lipinski definition) is 1. The molecule has 1 rings (SSSR count). The predicted molar refractivity (Wildman–Crippen MR) is 69.5 cm³/mol. The van der Waals surface area contributed by atoms with E-state index in [4.69, 9.17) is 0 Å². The molecule has 0 saturated carbocycles. The van der Waals surface area contributed by atoms with Crippen molar-refractivity contribution in [2.45, 2.75) is 25.5 Å². The number of hydrogen-bond donors (Lipinski definition) is 0. The van der Waals surface area contributed by atoms with E-state index in [2.05, 4.69) is 20.3 Å². The standard InChI is InChI=1S/C11H12BrF2NOS/c1-11(2,3)17(16)15-6-7-4-10(14)8(12)5-9(7)13/h4-6H,1-3H3/b15-6+/t17-/m1/s1. The highest BCUT2D eigenvalue weighted by Gasteiger charge is 2.18. The lowest BCUT2D eigenvalue weighted by atomic mass is 10.2. The molecule has 0 N–H and O–H groups in total. The molecule has 1 aromatic rings. The van der Waals surface area contributed by atoms with Crippen LogP contribution in [0.4, 0.5) is 8.78 Å². The van der Waals surface area contributed by atoms with Crippen LogP contribution in [-0.4, -0.2) is 15.2 Å². The smallest absolute Gasteiger partial charge is 0.144 e. The second kappa shape index (κ2) is 5.35. The Morgan fingerprint density at radius 1 is 1.29 bits per heavy atom. The topological polar surface area (TPSA) is 29.4 Å². The molecule has 94 valence electrons. The first-order valence-corrected chi connectivity index (χ1v) is 6.72. The van der Waals surface area contributed by atoms with Gasteiger partial charge in [0.05, 0.1) is 9.22 Å². The van der Waals surface area contributed by atoms with E-state index >= 15 is 0 Å². The molecule has 0 aliphatic heterocycles. The molecule has 2 nitrogen and oxygen atoms in total. The van der Waals surface area contributed by atoms with E-state index in [1.54, 1.807) is 20.8 Å². The van der Waals surface area contributed by atoms with E-state index in [1.807, 2.05) is 0 Å². The molecule has 0 aromatic heterocycles. The van der Waals surface area contributed by atoms with Crippen LogP contribution in [0.5, 0.6) is 0 Å². The van der Waals surface area contributed by atoms with Crippen molar-refractivity contribution in [1.82, 2.24) is 0 Å². The van der Waals surface area contributed by atoms with Gasteiger partial charge in [0, 0.05) is 11.8 Å². The average molecular weight is 324 g/mol. The summed E-state index contributed by atoms with van der Waals surface area (Å²) in [4.78, 5) is 0. The molecule has 0 radical (unpaired) electrons. The summed E-state index contributed by atoms with van der Waals surface area (Å²) in [6, 6.07) is 2.01. The van der Waals surface area contributed by atoms with E-state index in [9.17, 15) is 13.0 Å². The summed E-state index contributed by atoms with van der Waals surface area (Å²) in [6.07, 6.45) is 1.09. The van der Waals surface area contributed by atoms with E-state index < -0.39 is 27.4 Å². The monoisotopic (exact) mass is 323 g/mol. The van der Waals surface area contributed by atoms with Crippen molar-refractivity contribution in [2.24, 2.45) is 4.40 Å². The largest absolute Gasteiger partial charge is 0.234 e. The van der Waals surface area contributed by atoms with Crippen LogP contribution in [0, 0.1) is 11.6 Å². The molecule has 6 heteroatoms. The first kappa shape index (κ1) is 14.4. The van der Waals surface area contributed by atoms with Crippen LogP contribution in [0.2, 0.25) is 0 Å². The zero-order chi connectivity index (χ0) is 13.2. The third-order valence-electron chi connectivity index (χ3n) is 1.85. The van der Waals surface area contributed by atoms with Crippen LogP contribution < -0.4 is 0 Å². The van der Waals surface area contributed by atoms with Gasteiger partial charge in [-0.2, -0.15) is 4.40 Å². The van der Waals surface area contributed by atoms with Crippen LogP contribution in [0.3, 0.4) is 0 Å². The maximum Gasteiger partial charge on any atom is 0.144 e. The Labute approximate surface area is 110 Å². The molecule has 0 heterocycles. The van der Waals surface area contributed by atoms with Gasteiger partial charge in [-0.1, -0.05) is 0 Å². The summed E-state index contributed by atoms with van der Waals surface area (Å²) in [5.41, 5.74) is -0.0247. The van der Waals surface area contributed by atoms with Crippen LogP contribution in [0.25, 0.3) is 0 Å². The van der Waals surface area contributed by atoms with Gasteiger partial charge in [-0.05, 0) is 48.8 Å². The second-order valence-electron chi connectivity index (χ2n) is 4.38. The zero-order valence-corrected chi connectivity index (χ0v) is 12.0. The predicted octanol–water partition coefficient (Wildman–Crippen LogP) is 3.61. The highest BCUT2D eigenvalue weighted by Crippen LogP contribution is 2.19. The van der Waals surface area contributed by atoms with Crippen molar-refractivity contribution >= 4 is 33.1 Å². The Morgan fingerprint density at radius 3 is 2.41 bits per heavy atom. The molecule has 1 atom stereocenters. The molecule has 1 aromatic carbocycles. The highest BCUT2D eigenvalue weighted by molar-refractivity contribution is 9.10. The Kier molecular flexibility index (Phi) is 4.55. The molecular weight excluding hydrogens is 312 g/mol. The molecule has 0 spiro atoms. The number of nitrogens with zero attached hydrogens (tertiary/aromatic N) is 1. The highest BCUT2D eigenvalue weighted by atomic mass is 79.9. The van der Waals surface area contributed by atoms with Gasteiger partial charge in [-0.3, -0.25) is 0 Å². The van der Waals surface area contributed by atoms with Gasteiger partial charge in [0.1, 0.15) is 22.6 Å². The molecule has 0 unspecified atom stereocenters. The summed E-state index contributed by atoms with van der Waals surface area (Å²) in [5.74, 6) is -1.21. The second-order valence-corrected chi connectivity index (χ2v) is 7.17. The molecule has 0 aliphatic rings. The average Bonchev–Trinajstić information content (AvgIpc) is 2.19. The van der Waals surface area contributed by atoms with Crippen molar-refractivity contribution in [2.75, 3.05) is 0 Å². The van der Waals surface area contributed by atoms with Gasteiger partial charge in [0.15, 0.2) is 0 Å². The number of halogens is 3. The van der Waals surface area contributed by atoms with Crippen molar-refractivity contribution in [3.05, 3.63) is 33.8 Å². The summed E-state index contributed by atoms with van der Waals surface area (Å²) < 4.78 is 41.4. The molecule has 0 saturated heterocycles. The molecule has 17 heavy (non-hydrogen) atoms. The maximum absolute atomic E-state index is 13.4. The Hall–Kier alpha value is -0.620. The summed E-state index contributed by atoms with van der Waals surface area (Å²) in [7, 11) is -1.49. The number of rotatable bonds is 2. The minimum Gasteiger partial charge on any atom is -0.234 e. The van der Waals surface area contributed by atoms with Gasteiger partial charge < -0.3 is 0 Å². The van der Waals surface area contributed by atoms with Gasteiger partial charge >= 0.3 is 0 Å². The van der Waals surface area contributed by atoms with E-state index in [-0.39, 0.29) is 10.0 Å². The quantitative estimate of drug-likeness (QED) is 0.604. The van der Waals surface area contributed by atoms with Gasteiger partial charge in [-0.25, -0.2) is 13.0 Å². The number of benzene rings is 1. The fourth-order valence-corrected chi connectivity index (χ4v) is 1.74. The lowest BCUT2D eigenvalue weighted by molar-refractivity contribution is 0.593. The first-order valence-electron chi connectivity index (χ1n) is 4.82. The summed E-state index contributed by atoms with van der Waals surface area (Å²) >= 11 is 2.87. The normalized spacial score (nSPS) is 14.2. The third-order valence-corrected chi connectivity index (χ3v) is 3.80. The van der Waals surface area contributed by atoms with E-state index in [1.165, 1.54) is 0 Å². The minimum absolute atomic E-state index is 0.0247. The van der Waals surface area contributed by atoms with Gasteiger partial charge in [0.2, 0.25) is 0 Å². The van der Waals surface area contributed by atoms with Gasteiger partial charge in [0.25, 0.3) is 0 Å². The van der Waals surface area contributed by atoms with Crippen molar-refractivity contribution < 1.29 is 13.0 Å². The maximum atomic E-state index is 13.4. The van der Waals surface area contributed by atoms with Crippen LogP contribution >= 0.6 is 15.9 Å². The van der Waals surface area contributed by atoms with Crippen molar-refractivity contribution in [3.63, 3.8) is 0 Å². The molecule has 0 aliphatic carbocycles. The molecule has 0 bridgehead atoms. The third kappa shape index (κ3) is 3.96. The Morgan fingerprint density at radius 2 is 1.88 bits per heavy atom. The van der Waals surface area contributed by atoms with Crippen LogP contribution in [-0.2, 0) is 11.0 Å². The summed E-state index contributed by atoms with van der Waals surface area (Å²) in [6.45, 7) is 5.25. The lowest BCUT2D eigenvalue weighted by Crippen LogP contribution is -2.19. The van der Waals surface area contributed by atoms with E-state index in [0.29, 0.717) is 0 Å². The van der Waals surface area contributed by atoms with Crippen molar-refractivity contribution in [3.8, 4) is 0 Å². The van der Waals surface area contributed by atoms with Gasteiger partial charge in [-0.15, -0.1) is 0 Å². The minimum atomic E-state index is -1.49. The molecule has 0 fully saturated rings.